The number of aromatic hydroxyl groups is 1. The molecule has 0 aromatic heterocycles. The Morgan fingerprint density at radius 1 is 1.07 bits per heavy atom. The molecule has 1 atom stereocenters. The maximum absolute atomic E-state index is 11.6. The molecule has 0 amide bonds. The van der Waals surface area contributed by atoms with E-state index in [1.54, 1.807) is 18.2 Å². The van der Waals surface area contributed by atoms with Crippen LogP contribution in [0.15, 0.2) is 47.7 Å². The summed E-state index contributed by atoms with van der Waals surface area (Å²) in [6.45, 7) is 2.33. The Labute approximate surface area is 158 Å². The maximum atomic E-state index is 11.6. The average molecular weight is 374 g/mol. The molecule has 0 saturated heterocycles. The van der Waals surface area contributed by atoms with Gasteiger partial charge in [-0.25, -0.2) is 0 Å². The van der Waals surface area contributed by atoms with Crippen LogP contribution in [0.25, 0.3) is 0 Å². The zero-order chi connectivity index (χ0) is 19.9. The van der Waals surface area contributed by atoms with Crippen LogP contribution in [0.2, 0.25) is 0 Å². The van der Waals surface area contributed by atoms with Crippen molar-refractivity contribution in [3.8, 4) is 5.75 Å². The summed E-state index contributed by atoms with van der Waals surface area (Å²) >= 11 is 0. The topological polar surface area (TPSA) is 104 Å². The van der Waals surface area contributed by atoms with E-state index in [0.29, 0.717) is 25.0 Å². The molecule has 1 unspecified atom stereocenters. The molecule has 1 aromatic carbocycles. The fourth-order valence-electron chi connectivity index (χ4n) is 3.30. The molecule has 0 saturated carbocycles. The van der Waals surface area contributed by atoms with Crippen LogP contribution in [0, 0.1) is 0 Å². The second kappa shape index (κ2) is 9.26. The Hall–Kier alpha value is -2.76. The third kappa shape index (κ3) is 5.88. The summed E-state index contributed by atoms with van der Waals surface area (Å²) in [7, 11) is 0. The molecule has 3 N–H and O–H groups in total. The van der Waals surface area contributed by atoms with Gasteiger partial charge in [-0.3, -0.25) is 9.59 Å². The highest BCUT2D eigenvalue weighted by Gasteiger charge is 2.31. The van der Waals surface area contributed by atoms with Crippen molar-refractivity contribution in [2.24, 2.45) is 0 Å². The minimum absolute atomic E-state index is 0.125. The van der Waals surface area contributed by atoms with Crippen molar-refractivity contribution in [2.75, 3.05) is 6.61 Å². The number of hydrogen-bond acceptors (Lipinski definition) is 5. The summed E-state index contributed by atoms with van der Waals surface area (Å²) in [6, 6.07) is 7.06. The van der Waals surface area contributed by atoms with E-state index in [2.05, 4.69) is 6.92 Å². The van der Waals surface area contributed by atoms with Crippen molar-refractivity contribution in [3.05, 3.63) is 53.3 Å². The van der Waals surface area contributed by atoms with Crippen LogP contribution in [-0.2, 0) is 19.7 Å². The Kier molecular flexibility index (Phi) is 7.05. The van der Waals surface area contributed by atoms with E-state index in [1.807, 2.05) is 18.2 Å². The van der Waals surface area contributed by atoms with Gasteiger partial charge < -0.3 is 20.1 Å². The number of aliphatic carboxylic acids is 1. The van der Waals surface area contributed by atoms with Gasteiger partial charge in [-0.05, 0) is 43.0 Å². The third-order valence-corrected chi connectivity index (χ3v) is 4.97. The van der Waals surface area contributed by atoms with Crippen LogP contribution in [0.3, 0.4) is 0 Å². The Morgan fingerprint density at radius 2 is 1.78 bits per heavy atom. The molecule has 0 fully saturated rings. The largest absolute Gasteiger partial charge is 0.512 e. The van der Waals surface area contributed by atoms with Crippen molar-refractivity contribution in [1.29, 1.82) is 0 Å². The lowest BCUT2D eigenvalue weighted by Crippen LogP contribution is -2.26. The zero-order valence-corrected chi connectivity index (χ0v) is 15.5. The lowest BCUT2D eigenvalue weighted by Gasteiger charge is -2.34. The lowest BCUT2D eigenvalue weighted by atomic mass is 9.70. The van der Waals surface area contributed by atoms with Gasteiger partial charge in [-0.1, -0.05) is 30.7 Å². The highest BCUT2D eigenvalue weighted by Crippen LogP contribution is 2.41. The quantitative estimate of drug-likeness (QED) is 0.446. The number of esters is 1. The molecule has 1 aliphatic carbocycles. The first-order valence-electron chi connectivity index (χ1n) is 9.07. The fraction of sp³-hybridized carbons (Fsp3) is 0.429. The van der Waals surface area contributed by atoms with Gasteiger partial charge in [0.05, 0.1) is 25.2 Å². The minimum Gasteiger partial charge on any atom is -0.512 e. The van der Waals surface area contributed by atoms with E-state index in [-0.39, 0.29) is 30.6 Å². The molecule has 0 radical (unpaired) electrons. The van der Waals surface area contributed by atoms with Gasteiger partial charge in [0, 0.05) is 11.8 Å². The second-order valence-corrected chi connectivity index (χ2v) is 6.95. The van der Waals surface area contributed by atoms with Crippen molar-refractivity contribution < 1.29 is 29.6 Å². The van der Waals surface area contributed by atoms with Gasteiger partial charge in [0.15, 0.2) is 0 Å². The molecule has 6 heteroatoms. The number of phenolic OH excluding ortho intramolecular Hbond substituents is 1. The zero-order valence-electron chi connectivity index (χ0n) is 15.5. The smallest absolute Gasteiger partial charge is 0.306 e. The Balaban J connectivity index is 2.04. The number of aliphatic hydroxyl groups excluding tert-OH is 1. The van der Waals surface area contributed by atoms with Crippen molar-refractivity contribution >= 4 is 11.9 Å². The molecule has 0 aliphatic heterocycles. The van der Waals surface area contributed by atoms with Gasteiger partial charge in [0.25, 0.3) is 0 Å². The summed E-state index contributed by atoms with van der Waals surface area (Å²) in [5.74, 6) is -0.969. The summed E-state index contributed by atoms with van der Waals surface area (Å²) in [6.07, 6.45) is 5.94. The Bertz CT molecular complexity index is 732. The normalized spacial score (nSPS) is 16.0. The molecule has 0 spiro atoms. The number of carbonyl (C=O) groups excluding carboxylic acids is 1. The first-order valence-corrected chi connectivity index (χ1v) is 9.07. The lowest BCUT2D eigenvalue weighted by molar-refractivity contribution is -0.147. The standard InChI is InChI=1S/C21H26O6/c1-21(15-3-7-17(22)8-4-15,16-5-9-18(23)10-6-16)13-2-14-27-20(26)12-11-19(24)25/h3-5,7-9,22-23H,2,6,10-14H2,1H3,(H,24,25). The maximum Gasteiger partial charge on any atom is 0.306 e. The number of carboxylic acids is 1. The summed E-state index contributed by atoms with van der Waals surface area (Å²) in [5, 5.41) is 27.8. The van der Waals surface area contributed by atoms with Gasteiger partial charge in [-0.2, -0.15) is 0 Å². The molecule has 146 valence electrons. The number of benzene rings is 1. The summed E-state index contributed by atoms with van der Waals surface area (Å²) in [4.78, 5) is 22.0. The fourth-order valence-corrected chi connectivity index (χ4v) is 3.30. The highest BCUT2D eigenvalue weighted by molar-refractivity contribution is 5.76. The van der Waals surface area contributed by atoms with Crippen LogP contribution < -0.4 is 0 Å². The first kappa shape index (κ1) is 20.6. The van der Waals surface area contributed by atoms with Crippen molar-refractivity contribution in [2.45, 2.75) is 50.9 Å². The van der Waals surface area contributed by atoms with E-state index in [0.717, 1.165) is 12.0 Å². The summed E-state index contributed by atoms with van der Waals surface area (Å²) in [5.41, 5.74) is 1.89. The number of phenols is 1. The number of allylic oxidation sites excluding steroid dienone is 4. The average Bonchev–Trinajstić information content (AvgIpc) is 2.64. The number of carbonyl (C=O) groups is 2. The first-order chi connectivity index (χ1) is 12.8. The molecule has 1 aromatic rings. The number of carboxylic acid groups (broad SMARTS) is 1. The van der Waals surface area contributed by atoms with E-state index >= 15 is 0 Å². The number of rotatable bonds is 9. The number of ether oxygens (including phenoxy) is 1. The number of hydrogen-bond donors (Lipinski definition) is 3. The molecule has 1 aliphatic rings. The van der Waals surface area contributed by atoms with Crippen LogP contribution in [-0.4, -0.2) is 33.9 Å². The Morgan fingerprint density at radius 3 is 2.37 bits per heavy atom. The SMILES string of the molecule is CC(CCCOC(=O)CCC(=O)O)(C1=CC=C(O)CC1)c1ccc(O)cc1. The molecule has 0 heterocycles. The van der Waals surface area contributed by atoms with E-state index < -0.39 is 11.9 Å². The molecule has 27 heavy (non-hydrogen) atoms. The monoisotopic (exact) mass is 374 g/mol. The molecule has 2 rings (SSSR count). The van der Waals surface area contributed by atoms with Gasteiger partial charge in [-0.15, -0.1) is 0 Å². The van der Waals surface area contributed by atoms with Gasteiger partial charge in [0.2, 0.25) is 0 Å². The van der Waals surface area contributed by atoms with Gasteiger partial charge in [0.1, 0.15) is 5.75 Å². The molecular formula is C21H26O6. The van der Waals surface area contributed by atoms with Crippen LogP contribution in [0.4, 0.5) is 0 Å². The van der Waals surface area contributed by atoms with E-state index in [1.165, 1.54) is 5.57 Å². The second-order valence-electron chi connectivity index (χ2n) is 6.95. The third-order valence-electron chi connectivity index (χ3n) is 4.97. The molecular weight excluding hydrogens is 348 g/mol. The molecule has 6 nitrogen and oxygen atoms in total. The predicted octanol–water partition coefficient (Wildman–Crippen LogP) is 4.00. The van der Waals surface area contributed by atoms with E-state index in [9.17, 15) is 19.8 Å². The number of aliphatic hydroxyl groups is 1. The van der Waals surface area contributed by atoms with Gasteiger partial charge >= 0.3 is 11.9 Å². The molecule has 0 bridgehead atoms. The van der Waals surface area contributed by atoms with Crippen molar-refractivity contribution in [1.82, 2.24) is 0 Å². The minimum atomic E-state index is -1.02. The highest BCUT2D eigenvalue weighted by atomic mass is 16.5. The van der Waals surface area contributed by atoms with Crippen molar-refractivity contribution in [3.63, 3.8) is 0 Å². The van der Waals surface area contributed by atoms with Crippen LogP contribution >= 0.6 is 0 Å². The summed E-state index contributed by atoms with van der Waals surface area (Å²) < 4.78 is 5.13. The predicted molar refractivity (Wildman–Crippen MR) is 101 cm³/mol. The van der Waals surface area contributed by atoms with Crippen LogP contribution in [0.5, 0.6) is 5.75 Å². The van der Waals surface area contributed by atoms with E-state index in [4.69, 9.17) is 9.84 Å². The van der Waals surface area contributed by atoms with Crippen LogP contribution in [0.1, 0.15) is 51.0 Å².